The zero-order valence-corrected chi connectivity index (χ0v) is 20.9. The van der Waals surface area contributed by atoms with Crippen LogP contribution in [0.2, 0.25) is 5.02 Å². The number of hydrogen-bond donors (Lipinski definition) is 0. The number of rotatable bonds is 4. The summed E-state index contributed by atoms with van der Waals surface area (Å²) in [6.07, 6.45) is -4.26. The smallest absolute Gasteiger partial charge is 0.398 e. The van der Waals surface area contributed by atoms with Crippen LogP contribution in [-0.2, 0) is 27.4 Å². The van der Waals surface area contributed by atoms with E-state index in [-0.39, 0.29) is 68.6 Å². The van der Waals surface area contributed by atoms with Crippen molar-refractivity contribution < 1.29 is 36.1 Å². The lowest BCUT2D eigenvalue weighted by Gasteiger charge is -2.23. The Kier molecular flexibility index (Phi) is 6.26. The summed E-state index contributed by atoms with van der Waals surface area (Å²) in [6, 6.07) is 7.42. The molecule has 1 unspecified atom stereocenters. The Labute approximate surface area is 216 Å². The first-order valence-electron chi connectivity index (χ1n) is 11.3. The number of aromatic nitrogens is 2. The normalized spacial score (nSPS) is 18.3. The molecule has 1 aliphatic carbocycles. The third kappa shape index (κ3) is 4.08. The van der Waals surface area contributed by atoms with E-state index < -0.39 is 40.1 Å². The number of benzene rings is 2. The summed E-state index contributed by atoms with van der Waals surface area (Å²) in [6.45, 7) is 0. The molecule has 5 rings (SSSR count). The average molecular weight is 555 g/mol. The van der Waals surface area contributed by atoms with Crippen LogP contribution in [0.15, 0.2) is 41.3 Å². The monoisotopic (exact) mass is 554 g/mol. The molecule has 0 bridgehead atoms. The summed E-state index contributed by atoms with van der Waals surface area (Å²) < 4.78 is 75.5. The summed E-state index contributed by atoms with van der Waals surface area (Å²) in [5.41, 5.74) is -2.79. The second kappa shape index (κ2) is 9.05. The molecule has 1 saturated carbocycles. The van der Waals surface area contributed by atoms with Gasteiger partial charge < -0.3 is 4.74 Å². The summed E-state index contributed by atoms with van der Waals surface area (Å²) in [7, 11) is -0.492. The van der Waals surface area contributed by atoms with Crippen LogP contribution < -0.4 is 0 Å². The minimum atomic E-state index is -4.59. The molecule has 0 amide bonds. The molecule has 0 N–H and O–H groups in total. The lowest BCUT2D eigenvalue weighted by Crippen LogP contribution is -2.32. The summed E-state index contributed by atoms with van der Waals surface area (Å²) >= 11 is 6.29. The molecule has 37 heavy (non-hydrogen) atoms. The topological polar surface area (TPSA) is 78.3 Å². The summed E-state index contributed by atoms with van der Waals surface area (Å²) in [4.78, 5) is 25.7. The van der Waals surface area contributed by atoms with E-state index in [1.807, 2.05) is 0 Å². The Morgan fingerprint density at radius 2 is 1.92 bits per heavy atom. The number of ether oxygens (including phenoxy) is 1. The minimum Gasteiger partial charge on any atom is -0.465 e. The second-order valence-electron chi connectivity index (χ2n) is 8.92. The maximum Gasteiger partial charge on any atom is 0.398 e. The number of nitrogens with zero attached hydrogens (tertiary/aromatic N) is 2. The molecule has 0 spiro atoms. The maximum atomic E-state index is 15.1. The Morgan fingerprint density at radius 3 is 2.54 bits per heavy atom. The quantitative estimate of drug-likeness (QED) is 0.316. The van der Waals surface area contributed by atoms with Crippen molar-refractivity contribution in [1.29, 1.82) is 0 Å². The number of carbonyl (C=O) groups excluding carboxylic acids is 2. The fourth-order valence-corrected chi connectivity index (χ4v) is 6.43. The van der Waals surface area contributed by atoms with Crippen LogP contribution in [0.1, 0.15) is 51.2 Å². The predicted molar refractivity (Wildman–Crippen MR) is 127 cm³/mol. The molecule has 6 nitrogen and oxygen atoms in total. The van der Waals surface area contributed by atoms with E-state index in [1.54, 1.807) is 0 Å². The van der Waals surface area contributed by atoms with Crippen LogP contribution in [0, 0.1) is 5.82 Å². The Hall–Kier alpha value is -3.05. The SMILES string of the molecule is COC(=O)c1ccc(-c2nn(C(=O)c3c(Cl)cccc3C3(C(F)(F)F)CC3)c3c2S(=O)CCC3)c(F)c1. The Bertz CT molecular complexity index is 1480. The van der Waals surface area contributed by atoms with Crippen molar-refractivity contribution in [2.75, 3.05) is 12.9 Å². The van der Waals surface area contributed by atoms with Crippen LogP contribution in [0.3, 0.4) is 0 Å². The highest BCUT2D eigenvalue weighted by atomic mass is 35.5. The number of carbonyl (C=O) groups is 2. The lowest BCUT2D eigenvalue weighted by molar-refractivity contribution is -0.160. The van der Waals surface area contributed by atoms with Crippen LogP contribution in [0.25, 0.3) is 11.3 Å². The van der Waals surface area contributed by atoms with Crippen molar-refractivity contribution in [3.8, 4) is 11.3 Å². The van der Waals surface area contributed by atoms with Crippen LogP contribution in [-0.4, -0.2) is 44.9 Å². The molecule has 2 aliphatic rings. The fraction of sp³-hybridized carbons (Fsp3) is 0.320. The second-order valence-corrected chi connectivity index (χ2v) is 10.8. The molecule has 0 saturated heterocycles. The largest absolute Gasteiger partial charge is 0.465 e. The zero-order chi connectivity index (χ0) is 26.7. The van der Waals surface area contributed by atoms with Gasteiger partial charge in [0.1, 0.15) is 11.5 Å². The molecular weight excluding hydrogens is 536 g/mol. The number of methoxy groups -OCH3 is 1. The molecule has 194 valence electrons. The van der Waals surface area contributed by atoms with Crippen molar-refractivity contribution >= 4 is 34.3 Å². The molecule has 1 aromatic heterocycles. The molecule has 2 aromatic carbocycles. The van der Waals surface area contributed by atoms with Gasteiger partial charge in [0.15, 0.2) is 0 Å². The minimum absolute atomic E-state index is 0.0585. The van der Waals surface area contributed by atoms with E-state index in [2.05, 4.69) is 9.84 Å². The molecule has 2 heterocycles. The number of fused-ring (bicyclic) bond motifs is 1. The average Bonchev–Trinajstić information content (AvgIpc) is 3.59. The van der Waals surface area contributed by atoms with Crippen LogP contribution >= 0.6 is 11.6 Å². The molecule has 12 heteroatoms. The molecule has 0 radical (unpaired) electrons. The van der Waals surface area contributed by atoms with Gasteiger partial charge in [-0.3, -0.25) is 9.00 Å². The van der Waals surface area contributed by atoms with Gasteiger partial charge in [-0.25, -0.2) is 9.18 Å². The first-order valence-corrected chi connectivity index (χ1v) is 13.0. The highest BCUT2D eigenvalue weighted by Crippen LogP contribution is 2.60. The summed E-state index contributed by atoms with van der Waals surface area (Å²) in [5.74, 6) is -2.29. The van der Waals surface area contributed by atoms with Crippen molar-refractivity contribution in [3.05, 3.63) is 69.6 Å². The van der Waals surface area contributed by atoms with Gasteiger partial charge >= 0.3 is 12.1 Å². The van der Waals surface area contributed by atoms with Crippen molar-refractivity contribution in [1.82, 2.24) is 9.78 Å². The van der Waals surface area contributed by atoms with E-state index in [0.717, 1.165) is 17.9 Å². The van der Waals surface area contributed by atoms with E-state index in [9.17, 15) is 27.0 Å². The first kappa shape index (κ1) is 25.6. The fourth-order valence-electron chi connectivity index (χ4n) is 4.74. The number of hydrogen-bond acceptors (Lipinski definition) is 5. The summed E-state index contributed by atoms with van der Waals surface area (Å²) in [5, 5.41) is 4.10. The lowest BCUT2D eigenvalue weighted by atomic mass is 9.90. The highest BCUT2D eigenvalue weighted by molar-refractivity contribution is 7.85. The standard InChI is InChI=1S/C25H19ClF4N2O4S/c1-36-23(34)13-7-8-14(17(27)12-13)20-21-18(6-3-11-37(21)35)32(31-20)22(33)19-15(4-2-5-16(19)26)24(9-10-24)25(28,29)30/h2,4-5,7-8,12H,3,6,9-11H2,1H3. The number of halogens is 5. The van der Waals surface area contributed by atoms with Crippen molar-refractivity contribution in [2.24, 2.45) is 0 Å². The molecule has 1 aliphatic heterocycles. The highest BCUT2D eigenvalue weighted by Gasteiger charge is 2.65. The number of esters is 1. The maximum absolute atomic E-state index is 15.1. The van der Waals surface area contributed by atoms with Crippen molar-refractivity contribution in [3.63, 3.8) is 0 Å². The van der Waals surface area contributed by atoms with Gasteiger partial charge in [-0.1, -0.05) is 23.7 Å². The third-order valence-corrected chi connectivity index (χ3v) is 8.64. The zero-order valence-electron chi connectivity index (χ0n) is 19.3. The van der Waals surface area contributed by atoms with E-state index in [1.165, 1.54) is 30.3 Å². The van der Waals surface area contributed by atoms with Gasteiger partial charge in [-0.05, 0) is 55.5 Å². The Balaban J connectivity index is 1.68. The van der Waals surface area contributed by atoms with Gasteiger partial charge in [-0.15, -0.1) is 0 Å². The number of alkyl halides is 3. The predicted octanol–water partition coefficient (Wildman–Crippen LogP) is 5.47. The van der Waals surface area contributed by atoms with Gasteiger partial charge in [0.25, 0.3) is 5.91 Å². The molecule has 1 atom stereocenters. The van der Waals surface area contributed by atoms with Crippen LogP contribution in [0.5, 0.6) is 0 Å². The van der Waals surface area contributed by atoms with Gasteiger partial charge in [-0.2, -0.15) is 23.0 Å². The Morgan fingerprint density at radius 1 is 1.19 bits per heavy atom. The van der Waals surface area contributed by atoms with Gasteiger partial charge in [0, 0.05) is 11.3 Å². The van der Waals surface area contributed by atoms with Crippen LogP contribution in [0.4, 0.5) is 17.6 Å². The van der Waals surface area contributed by atoms with E-state index >= 15 is 4.39 Å². The molecule has 1 fully saturated rings. The van der Waals surface area contributed by atoms with E-state index in [4.69, 9.17) is 11.6 Å². The first-order chi connectivity index (χ1) is 17.5. The van der Waals surface area contributed by atoms with Crippen molar-refractivity contribution in [2.45, 2.75) is 42.2 Å². The van der Waals surface area contributed by atoms with E-state index in [0.29, 0.717) is 6.42 Å². The molecular formula is C25H19ClF4N2O4S. The molecule has 3 aromatic rings. The van der Waals surface area contributed by atoms with Gasteiger partial charge in [0.05, 0.1) is 50.1 Å². The van der Waals surface area contributed by atoms with Gasteiger partial charge in [0.2, 0.25) is 0 Å². The third-order valence-electron chi connectivity index (χ3n) is 6.78.